The second-order valence-electron chi connectivity index (χ2n) is 6.93. The van der Waals surface area contributed by atoms with Crippen molar-refractivity contribution in [2.24, 2.45) is 0 Å². The van der Waals surface area contributed by atoms with Gasteiger partial charge in [0.25, 0.3) is 5.91 Å². The predicted molar refractivity (Wildman–Crippen MR) is 104 cm³/mol. The average Bonchev–Trinajstić information content (AvgIpc) is 3.09. The van der Waals surface area contributed by atoms with Gasteiger partial charge in [-0.15, -0.1) is 0 Å². The minimum Gasteiger partial charge on any atom is -0.493 e. The third-order valence-corrected chi connectivity index (χ3v) is 6.40. The maximum atomic E-state index is 12.4. The summed E-state index contributed by atoms with van der Waals surface area (Å²) in [6.45, 7) is 2.68. The van der Waals surface area contributed by atoms with Gasteiger partial charge < -0.3 is 10.1 Å². The molecule has 0 aromatic heterocycles. The van der Waals surface area contributed by atoms with Gasteiger partial charge in [0.1, 0.15) is 5.75 Å². The molecule has 1 heterocycles. The minimum absolute atomic E-state index is 0.0527. The molecule has 1 aliphatic heterocycles. The van der Waals surface area contributed by atoms with Crippen molar-refractivity contribution in [1.82, 2.24) is 9.62 Å². The van der Waals surface area contributed by atoms with Crippen molar-refractivity contribution >= 4 is 15.9 Å². The van der Waals surface area contributed by atoms with E-state index < -0.39 is 10.0 Å². The van der Waals surface area contributed by atoms with E-state index in [-0.39, 0.29) is 16.8 Å². The smallest absolute Gasteiger partial charge is 0.251 e. The minimum atomic E-state index is -3.50. The van der Waals surface area contributed by atoms with Crippen LogP contribution in [0.1, 0.15) is 28.4 Å². The molecule has 0 bridgehead atoms. The molecule has 1 N–H and O–H groups in total. The number of amides is 1. The number of hydrogen-bond acceptors (Lipinski definition) is 4. The topological polar surface area (TPSA) is 75.7 Å². The van der Waals surface area contributed by atoms with Gasteiger partial charge in [-0.3, -0.25) is 4.79 Å². The maximum Gasteiger partial charge on any atom is 0.251 e. The molecule has 2 aromatic carbocycles. The number of fused-ring (bicyclic) bond motifs is 1. The number of carbonyl (C=O) groups is 1. The van der Waals surface area contributed by atoms with Crippen LogP contribution in [0.15, 0.2) is 47.4 Å². The first-order valence-electron chi connectivity index (χ1n) is 8.85. The van der Waals surface area contributed by atoms with E-state index in [9.17, 15) is 13.2 Å². The Morgan fingerprint density at radius 3 is 2.56 bits per heavy atom. The predicted octanol–water partition coefficient (Wildman–Crippen LogP) is 2.23. The van der Waals surface area contributed by atoms with Crippen molar-refractivity contribution in [1.29, 1.82) is 0 Å². The van der Waals surface area contributed by atoms with Gasteiger partial charge in [-0.25, -0.2) is 12.7 Å². The highest BCUT2D eigenvalue weighted by Gasteiger charge is 2.18. The standard InChI is InChI=1S/C20H24N2O4S/c1-14(12-15-4-9-19-17(13-15)10-11-26-19)21-20(23)16-5-7-18(8-6-16)27(24,25)22(2)3/h4-9,13-14H,10-12H2,1-3H3,(H,21,23). The number of benzene rings is 2. The number of ether oxygens (including phenoxy) is 1. The molecule has 6 nitrogen and oxygen atoms in total. The first kappa shape index (κ1) is 19.4. The molecule has 1 unspecified atom stereocenters. The molecular formula is C20H24N2O4S. The molecule has 3 rings (SSSR count). The number of carbonyl (C=O) groups excluding carboxylic acids is 1. The Bertz CT molecular complexity index is 937. The fourth-order valence-corrected chi connectivity index (χ4v) is 3.97. The molecule has 1 atom stereocenters. The molecule has 7 heteroatoms. The van der Waals surface area contributed by atoms with E-state index in [0.717, 1.165) is 28.6 Å². The molecule has 144 valence electrons. The van der Waals surface area contributed by atoms with Crippen molar-refractivity contribution in [3.8, 4) is 5.75 Å². The Morgan fingerprint density at radius 2 is 1.89 bits per heavy atom. The lowest BCUT2D eigenvalue weighted by Crippen LogP contribution is -2.34. The Hall–Kier alpha value is -2.38. The van der Waals surface area contributed by atoms with Gasteiger partial charge in [0.05, 0.1) is 11.5 Å². The zero-order valence-electron chi connectivity index (χ0n) is 15.7. The van der Waals surface area contributed by atoms with Gasteiger partial charge >= 0.3 is 0 Å². The van der Waals surface area contributed by atoms with Crippen molar-refractivity contribution in [3.63, 3.8) is 0 Å². The van der Waals surface area contributed by atoms with Gasteiger partial charge in [-0.1, -0.05) is 12.1 Å². The van der Waals surface area contributed by atoms with Crippen LogP contribution >= 0.6 is 0 Å². The number of hydrogen-bond donors (Lipinski definition) is 1. The summed E-state index contributed by atoms with van der Waals surface area (Å²) >= 11 is 0. The highest BCUT2D eigenvalue weighted by atomic mass is 32.2. The average molecular weight is 388 g/mol. The molecule has 27 heavy (non-hydrogen) atoms. The monoisotopic (exact) mass is 388 g/mol. The van der Waals surface area contributed by atoms with Crippen LogP contribution < -0.4 is 10.1 Å². The summed E-state index contributed by atoms with van der Waals surface area (Å²) in [5, 5.41) is 2.96. The summed E-state index contributed by atoms with van der Waals surface area (Å²) in [6, 6.07) is 12.1. The van der Waals surface area contributed by atoms with Crippen LogP contribution in [0.4, 0.5) is 0 Å². The van der Waals surface area contributed by atoms with E-state index in [4.69, 9.17) is 4.74 Å². The van der Waals surface area contributed by atoms with Crippen LogP contribution in [0.2, 0.25) is 0 Å². The van der Waals surface area contributed by atoms with Crippen molar-refractivity contribution < 1.29 is 17.9 Å². The van der Waals surface area contributed by atoms with Crippen LogP contribution in [-0.2, 0) is 22.9 Å². The van der Waals surface area contributed by atoms with E-state index >= 15 is 0 Å². The van der Waals surface area contributed by atoms with Gasteiger partial charge in [-0.05, 0) is 54.8 Å². The zero-order valence-corrected chi connectivity index (χ0v) is 16.5. The number of nitrogens with zero attached hydrogens (tertiary/aromatic N) is 1. The fourth-order valence-electron chi connectivity index (χ4n) is 3.07. The second kappa shape index (κ2) is 7.70. The summed E-state index contributed by atoms with van der Waals surface area (Å²) in [4.78, 5) is 12.6. The molecule has 0 radical (unpaired) electrons. The van der Waals surface area contributed by atoms with Gasteiger partial charge in [0, 0.05) is 32.1 Å². The van der Waals surface area contributed by atoms with Crippen LogP contribution in [0.5, 0.6) is 5.75 Å². The van der Waals surface area contributed by atoms with E-state index in [1.165, 1.54) is 43.9 Å². The third-order valence-electron chi connectivity index (χ3n) is 4.57. The normalized spacial score (nSPS) is 14.5. The summed E-state index contributed by atoms with van der Waals surface area (Å²) in [6.07, 6.45) is 1.64. The van der Waals surface area contributed by atoms with E-state index in [2.05, 4.69) is 11.4 Å². The molecule has 2 aromatic rings. The van der Waals surface area contributed by atoms with Crippen molar-refractivity contribution in [2.75, 3.05) is 20.7 Å². The molecule has 0 saturated carbocycles. The SMILES string of the molecule is CC(Cc1ccc2c(c1)CCO2)NC(=O)c1ccc(S(=O)(=O)N(C)C)cc1. The lowest BCUT2D eigenvalue weighted by Gasteiger charge is -2.15. The number of sulfonamides is 1. The van der Waals surface area contributed by atoms with Gasteiger partial charge in [0.15, 0.2) is 0 Å². The molecule has 0 fully saturated rings. The highest BCUT2D eigenvalue weighted by molar-refractivity contribution is 7.89. The van der Waals surface area contributed by atoms with Crippen LogP contribution in [0, 0.1) is 0 Å². The molecule has 0 spiro atoms. The van der Waals surface area contributed by atoms with E-state index in [1.807, 2.05) is 19.1 Å². The first-order chi connectivity index (χ1) is 12.8. The molecule has 0 aliphatic carbocycles. The Balaban J connectivity index is 1.63. The Morgan fingerprint density at radius 1 is 1.19 bits per heavy atom. The molecule has 0 saturated heterocycles. The van der Waals surface area contributed by atoms with Gasteiger partial charge in [0.2, 0.25) is 10.0 Å². The quantitative estimate of drug-likeness (QED) is 0.823. The maximum absolute atomic E-state index is 12.4. The van der Waals surface area contributed by atoms with Crippen molar-refractivity contribution in [2.45, 2.75) is 30.7 Å². The fraction of sp³-hybridized carbons (Fsp3) is 0.350. The Labute approximate surface area is 160 Å². The summed E-state index contributed by atoms with van der Waals surface area (Å²) in [7, 11) is -0.547. The third kappa shape index (κ3) is 4.31. The second-order valence-corrected chi connectivity index (χ2v) is 9.08. The molecular weight excluding hydrogens is 364 g/mol. The summed E-state index contributed by atoms with van der Waals surface area (Å²) < 4.78 is 30.8. The largest absolute Gasteiger partial charge is 0.493 e. The van der Waals surface area contributed by atoms with E-state index in [0.29, 0.717) is 12.0 Å². The van der Waals surface area contributed by atoms with Crippen LogP contribution in [0.3, 0.4) is 0 Å². The lowest BCUT2D eigenvalue weighted by molar-refractivity contribution is 0.0940. The summed E-state index contributed by atoms with van der Waals surface area (Å²) in [5.74, 6) is 0.726. The molecule has 1 aliphatic rings. The lowest BCUT2D eigenvalue weighted by atomic mass is 10.0. The summed E-state index contributed by atoms with van der Waals surface area (Å²) in [5.41, 5.74) is 2.80. The highest BCUT2D eigenvalue weighted by Crippen LogP contribution is 2.26. The molecule has 1 amide bonds. The number of rotatable bonds is 6. The zero-order chi connectivity index (χ0) is 19.6. The first-order valence-corrected chi connectivity index (χ1v) is 10.3. The Kier molecular flexibility index (Phi) is 5.53. The van der Waals surface area contributed by atoms with Crippen molar-refractivity contribution in [3.05, 3.63) is 59.2 Å². The van der Waals surface area contributed by atoms with Crippen LogP contribution in [0.25, 0.3) is 0 Å². The van der Waals surface area contributed by atoms with Gasteiger partial charge in [-0.2, -0.15) is 0 Å². The van der Waals surface area contributed by atoms with Crippen LogP contribution in [-0.4, -0.2) is 45.4 Å². The number of nitrogens with one attached hydrogen (secondary N) is 1. The van der Waals surface area contributed by atoms with E-state index in [1.54, 1.807) is 0 Å².